The molecular formula is C20H25NO2. The van der Waals surface area contributed by atoms with Crippen LogP contribution >= 0.6 is 0 Å². The molecule has 3 nitrogen and oxygen atoms in total. The maximum absolute atomic E-state index is 13.0. The lowest BCUT2D eigenvalue weighted by molar-refractivity contribution is -0.139. The Bertz CT molecular complexity index is 697. The summed E-state index contributed by atoms with van der Waals surface area (Å²) in [7, 11) is 3.98. The molecule has 2 aliphatic carbocycles. The van der Waals surface area contributed by atoms with Crippen LogP contribution < -0.4 is 4.90 Å². The van der Waals surface area contributed by atoms with Crippen molar-refractivity contribution in [1.29, 1.82) is 0 Å². The largest absolute Gasteiger partial charge is 0.378 e. The molecule has 23 heavy (non-hydrogen) atoms. The lowest BCUT2D eigenvalue weighted by Gasteiger charge is -2.44. The number of benzene rings is 1. The normalized spacial score (nSPS) is 30.8. The molecule has 2 fully saturated rings. The van der Waals surface area contributed by atoms with Gasteiger partial charge in [0.1, 0.15) is 0 Å². The molecule has 2 aliphatic rings. The summed E-state index contributed by atoms with van der Waals surface area (Å²) in [5.74, 6) is 0.0297. The number of carbonyl (C=O) groups excluding carboxylic acids is 2. The van der Waals surface area contributed by atoms with Crippen LogP contribution in [0, 0.1) is 16.7 Å². The van der Waals surface area contributed by atoms with Crippen molar-refractivity contribution in [2.45, 2.75) is 33.6 Å². The number of rotatable bonds is 2. The number of fused-ring (bicyclic) bond motifs is 2. The van der Waals surface area contributed by atoms with Gasteiger partial charge >= 0.3 is 0 Å². The van der Waals surface area contributed by atoms with Gasteiger partial charge in [-0.1, -0.05) is 32.9 Å². The van der Waals surface area contributed by atoms with E-state index in [1.165, 1.54) is 0 Å². The Labute approximate surface area is 138 Å². The van der Waals surface area contributed by atoms with E-state index in [1.54, 1.807) is 6.08 Å². The van der Waals surface area contributed by atoms with Gasteiger partial charge in [-0.3, -0.25) is 9.59 Å². The molecule has 0 amide bonds. The van der Waals surface area contributed by atoms with Crippen LogP contribution in [0.3, 0.4) is 0 Å². The minimum atomic E-state index is -0.416. The molecule has 0 radical (unpaired) electrons. The Hall–Kier alpha value is -1.90. The average molecular weight is 311 g/mol. The first-order valence-corrected chi connectivity index (χ1v) is 8.26. The topological polar surface area (TPSA) is 37.4 Å². The molecule has 0 saturated heterocycles. The Morgan fingerprint density at radius 3 is 2.26 bits per heavy atom. The van der Waals surface area contributed by atoms with E-state index >= 15 is 0 Å². The summed E-state index contributed by atoms with van der Waals surface area (Å²) in [6.45, 7) is 6.18. The van der Waals surface area contributed by atoms with Crippen molar-refractivity contribution in [3.05, 3.63) is 35.4 Å². The highest BCUT2D eigenvalue weighted by Crippen LogP contribution is 2.61. The van der Waals surface area contributed by atoms with Crippen molar-refractivity contribution in [2.75, 3.05) is 19.0 Å². The summed E-state index contributed by atoms with van der Waals surface area (Å²) in [6.07, 6.45) is 3.42. The number of nitrogens with zero attached hydrogens (tertiary/aromatic N) is 1. The zero-order valence-corrected chi connectivity index (χ0v) is 14.6. The number of carbonyl (C=O) groups is 2. The third-order valence-electron chi connectivity index (χ3n) is 6.27. The third kappa shape index (κ3) is 2.17. The predicted molar refractivity (Wildman–Crippen MR) is 93.4 cm³/mol. The van der Waals surface area contributed by atoms with E-state index in [-0.39, 0.29) is 22.9 Å². The molecule has 0 N–H and O–H groups in total. The lowest BCUT2D eigenvalue weighted by atomic mass is 9.57. The highest BCUT2D eigenvalue weighted by Gasteiger charge is 2.62. The van der Waals surface area contributed by atoms with Gasteiger partial charge in [-0.05, 0) is 42.0 Å². The van der Waals surface area contributed by atoms with Crippen molar-refractivity contribution in [2.24, 2.45) is 16.7 Å². The maximum Gasteiger partial charge on any atom is 0.172 e. The molecule has 3 heteroatoms. The first-order valence-electron chi connectivity index (χ1n) is 8.26. The number of hydrogen-bond donors (Lipinski definition) is 0. The zero-order chi connectivity index (χ0) is 17.0. The Morgan fingerprint density at radius 1 is 1.09 bits per heavy atom. The monoisotopic (exact) mass is 311 g/mol. The van der Waals surface area contributed by atoms with Crippen molar-refractivity contribution in [1.82, 2.24) is 0 Å². The first kappa shape index (κ1) is 16.0. The summed E-state index contributed by atoms with van der Waals surface area (Å²) in [4.78, 5) is 27.9. The molecule has 0 heterocycles. The molecule has 2 saturated carbocycles. The molecule has 3 rings (SSSR count). The van der Waals surface area contributed by atoms with Gasteiger partial charge < -0.3 is 4.90 Å². The zero-order valence-electron chi connectivity index (χ0n) is 14.6. The molecule has 1 aromatic carbocycles. The highest BCUT2D eigenvalue weighted by atomic mass is 16.2. The molecule has 2 bridgehead atoms. The Kier molecular flexibility index (Phi) is 3.51. The average Bonchev–Trinajstić information content (AvgIpc) is 2.69. The van der Waals surface area contributed by atoms with Crippen LogP contribution in [0.2, 0.25) is 0 Å². The quantitative estimate of drug-likeness (QED) is 0.617. The number of anilines is 1. The predicted octanol–water partition coefficient (Wildman–Crippen LogP) is 3.73. The van der Waals surface area contributed by atoms with E-state index in [4.69, 9.17) is 0 Å². The molecule has 1 aromatic rings. The van der Waals surface area contributed by atoms with Gasteiger partial charge in [-0.25, -0.2) is 0 Å². The minimum Gasteiger partial charge on any atom is -0.378 e. The summed E-state index contributed by atoms with van der Waals surface area (Å²) in [5, 5.41) is 0. The number of allylic oxidation sites excluding steroid dienone is 1. The maximum atomic E-state index is 13.0. The molecule has 0 unspecified atom stereocenters. The van der Waals surface area contributed by atoms with E-state index < -0.39 is 5.41 Å². The van der Waals surface area contributed by atoms with Gasteiger partial charge in [-0.15, -0.1) is 0 Å². The van der Waals surface area contributed by atoms with Gasteiger partial charge in [0.25, 0.3) is 0 Å². The van der Waals surface area contributed by atoms with Gasteiger partial charge in [0.15, 0.2) is 11.6 Å². The smallest absolute Gasteiger partial charge is 0.172 e. The fourth-order valence-electron chi connectivity index (χ4n) is 4.13. The van der Waals surface area contributed by atoms with E-state index in [0.29, 0.717) is 5.57 Å². The molecule has 0 aliphatic heterocycles. The summed E-state index contributed by atoms with van der Waals surface area (Å²) in [6, 6.07) is 7.94. The lowest BCUT2D eigenvalue weighted by Crippen LogP contribution is -2.49. The van der Waals surface area contributed by atoms with E-state index in [2.05, 4.69) is 13.8 Å². The SMILES string of the molecule is CN(C)c1ccc(C=C2C(=O)[C@@H]3CC[C@](C)(C2=O)C3(C)C)cc1. The van der Waals surface area contributed by atoms with E-state index in [9.17, 15) is 9.59 Å². The molecular weight excluding hydrogens is 286 g/mol. The summed E-state index contributed by atoms with van der Waals surface area (Å²) in [5.41, 5.74) is 1.75. The third-order valence-corrected chi connectivity index (χ3v) is 6.27. The van der Waals surface area contributed by atoms with Gasteiger partial charge in [0.05, 0.1) is 5.57 Å². The molecule has 2 atom stereocenters. The minimum absolute atomic E-state index is 0.0259. The van der Waals surface area contributed by atoms with Crippen molar-refractivity contribution in [3.63, 3.8) is 0 Å². The van der Waals surface area contributed by atoms with Crippen molar-refractivity contribution < 1.29 is 9.59 Å². The summed E-state index contributed by atoms with van der Waals surface area (Å²) >= 11 is 0. The number of ketones is 2. The van der Waals surface area contributed by atoms with Crippen molar-refractivity contribution >= 4 is 23.3 Å². The Morgan fingerprint density at radius 2 is 1.70 bits per heavy atom. The summed E-state index contributed by atoms with van der Waals surface area (Å²) < 4.78 is 0. The van der Waals surface area contributed by atoms with Crippen LogP contribution in [-0.2, 0) is 9.59 Å². The molecule has 122 valence electrons. The van der Waals surface area contributed by atoms with Crippen LogP contribution in [0.15, 0.2) is 29.8 Å². The fourth-order valence-corrected chi connectivity index (χ4v) is 4.13. The van der Waals surface area contributed by atoms with E-state index in [1.807, 2.05) is 50.2 Å². The highest BCUT2D eigenvalue weighted by molar-refractivity contribution is 6.28. The number of Topliss-reactive ketones (excluding diaryl/α,β-unsaturated/α-hetero) is 2. The van der Waals surface area contributed by atoms with Crippen LogP contribution in [0.1, 0.15) is 39.2 Å². The van der Waals surface area contributed by atoms with Crippen LogP contribution in [0.5, 0.6) is 0 Å². The molecule has 0 aromatic heterocycles. The first-order chi connectivity index (χ1) is 10.7. The second-order valence-corrected chi connectivity index (χ2v) is 7.88. The van der Waals surface area contributed by atoms with E-state index in [0.717, 1.165) is 24.1 Å². The fraction of sp³-hybridized carbons (Fsp3) is 0.500. The standard InChI is InChI=1S/C20H25NO2/c1-19(2)16-10-11-20(19,3)18(23)15(17(16)22)12-13-6-8-14(9-7-13)21(4)5/h6-9,12,16H,10-11H2,1-5H3/t16-,20+/m0/s1. The van der Waals surface area contributed by atoms with Gasteiger partial charge in [-0.2, -0.15) is 0 Å². The molecule has 0 spiro atoms. The van der Waals surface area contributed by atoms with Gasteiger partial charge in [0, 0.05) is 31.1 Å². The van der Waals surface area contributed by atoms with Crippen LogP contribution in [-0.4, -0.2) is 25.7 Å². The van der Waals surface area contributed by atoms with Crippen LogP contribution in [0.4, 0.5) is 5.69 Å². The van der Waals surface area contributed by atoms with Gasteiger partial charge in [0.2, 0.25) is 0 Å². The second-order valence-electron chi connectivity index (χ2n) is 7.88. The van der Waals surface area contributed by atoms with Crippen LogP contribution in [0.25, 0.3) is 6.08 Å². The number of hydrogen-bond acceptors (Lipinski definition) is 3. The Balaban J connectivity index is 2.00. The second kappa shape index (κ2) is 5.05. The van der Waals surface area contributed by atoms with Crippen molar-refractivity contribution in [3.8, 4) is 0 Å².